The van der Waals surface area contributed by atoms with Crippen LogP contribution < -0.4 is 0 Å². The molecule has 0 saturated carbocycles. The molecule has 0 spiro atoms. The van der Waals surface area contributed by atoms with Crippen molar-refractivity contribution in [2.75, 3.05) is 7.05 Å². The van der Waals surface area contributed by atoms with Crippen LogP contribution in [0.4, 0.5) is 0 Å². The van der Waals surface area contributed by atoms with Gasteiger partial charge in [0.2, 0.25) is 0 Å². The summed E-state index contributed by atoms with van der Waals surface area (Å²) in [6, 6.07) is 12.1. The molecule has 0 aliphatic carbocycles. The molecule has 0 N–H and O–H groups in total. The molecule has 1 heterocycles. The number of hydrogen-bond donors (Lipinski definition) is 0. The molecule has 0 fully saturated rings. The van der Waals surface area contributed by atoms with E-state index in [0.717, 1.165) is 24.2 Å². The van der Waals surface area contributed by atoms with E-state index in [1.807, 2.05) is 24.3 Å². The predicted octanol–water partition coefficient (Wildman–Crippen LogP) is 3.25. The van der Waals surface area contributed by atoms with Gasteiger partial charge in [0.15, 0.2) is 0 Å². The molecule has 2 aromatic rings. The molecule has 2 nitrogen and oxygen atoms in total. The Morgan fingerprint density at radius 1 is 1.24 bits per heavy atom. The van der Waals surface area contributed by atoms with Gasteiger partial charge >= 0.3 is 0 Å². The van der Waals surface area contributed by atoms with Crippen LogP contribution in [0.1, 0.15) is 16.7 Å². The minimum absolute atomic E-state index is 0.768. The Labute approximate surface area is 106 Å². The van der Waals surface area contributed by atoms with Gasteiger partial charge in [-0.05, 0) is 41.1 Å². The topological polar surface area (TPSA) is 27.0 Å². The maximum Gasteiger partial charge on any atom is 0.0995 e. The van der Waals surface area contributed by atoms with Gasteiger partial charge in [-0.3, -0.25) is 4.90 Å². The van der Waals surface area contributed by atoms with E-state index in [0.29, 0.717) is 0 Å². The second kappa shape index (κ2) is 5.62. The highest BCUT2D eigenvalue weighted by Crippen LogP contribution is 2.13. The molecule has 0 bridgehead atoms. The number of nitriles is 1. The highest BCUT2D eigenvalue weighted by molar-refractivity contribution is 7.07. The van der Waals surface area contributed by atoms with Gasteiger partial charge in [-0.15, -0.1) is 0 Å². The van der Waals surface area contributed by atoms with Crippen LogP contribution in [0.3, 0.4) is 0 Å². The van der Waals surface area contributed by atoms with Crippen LogP contribution in [0.5, 0.6) is 0 Å². The molecule has 3 heteroatoms. The van der Waals surface area contributed by atoms with E-state index in [9.17, 15) is 0 Å². The zero-order valence-corrected chi connectivity index (χ0v) is 10.6. The van der Waals surface area contributed by atoms with E-state index in [-0.39, 0.29) is 0 Å². The second-order valence-electron chi connectivity index (χ2n) is 4.07. The Hall–Kier alpha value is -1.63. The van der Waals surface area contributed by atoms with Gasteiger partial charge in [-0.25, -0.2) is 0 Å². The third kappa shape index (κ3) is 3.16. The number of thiophene rings is 1. The third-order valence-electron chi connectivity index (χ3n) is 2.61. The van der Waals surface area contributed by atoms with Crippen LogP contribution in [0.25, 0.3) is 0 Å². The molecule has 0 aliphatic heterocycles. The average molecular weight is 242 g/mol. The summed E-state index contributed by atoms with van der Waals surface area (Å²) in [4.78, 5) is 2.22. The van der Waals surface area contributed by atoms with Crippen molar-refractivity contribution in [3.8, 4) is 6.07 Å². The summed E-state index contributed by atoms with van der Waals surface area (Å²) in [5.41, 5.74) is 3.18. The van der Waals surface area contributed by atoms with E-state index < -0.39 is 0 Å². The van der Waals surface area contributed by atoms with E-state index >= 15 is 0 Å². The smallest absolute Gasteiger partial charge is 0.0995 e. The molecule has 0 unspecified atom stereocenters. The van der Waals surface area contributed by atoms with Crippen molar-refractivity contribution in [2.24, 2.45) is 0 Å². The lowest BCUT2D eigenvalue weighted by atomic mass is 10.1. The zero-order chi connectivity index (χ0) is 12.1. The van der Waals surface area contributed by atoms with Gasteiger partial charge in [0.1, 0.15) is 0 Å². The fourth-order valence-electron chi connectivity index (χ4n) is 1.81. The van der Waals surface area contributed by atoms with Crippen LogP contribution in [0.15, 0.2) is 41.1 Å². The molecule has 0 saturated heterocycles. The van der Waals surface area contributed by atoms with Gasteiger partial charge in [0.25, 0.3) is 0 Å². The average Bonchev–Trinajstić information content (AvgIpc) is 2.82. The molecule has 1 aromatic carbocycles. The van der Waals surface area contributed by atoms with E-state index in [1.54, 1.807) is 11.3 Å². The largest absolute Gasteiger partial charge is 0.298 e. The number of nitrogens with zero attached hydrogens (tertiary/aromatic N) is 2. The van der Waals surface area contributed by atoms with Gasteiger partial charge in [-0.2, -0.15) is 16.6 Å². The van der Waals surface area contributed by atoms with Crippen LogP contribution in [-0.4, -0.2) is 11.9 Å². The van der Waals surface area contributed by atoms with Gasteiger partial charge in [0, 0.05) is 13.1 Å². The number of rotatable bonds is 4. The molecule has 86 valence electrons. The van der Waals surface area contributed by atoms with Crippen molar-refractivity contribution < 1.29 is 0 Å². The van der Waals surface area contributed by atoms with Crippen molar-refractivity contribution in [2.45, 2.75) is 13.1 Å². The van der Waals surface area contributed by atoms with Crippen molar-refractivity contribution in [1.29, 1.82) is 5.26 Å². The number of benzene rings is 1. The monoisotopic (exact) mass is 242 g/mol. The lowest BCUT2D eigenvalue weighted by Gasteiger charge is -2.16. The van der Waals surface area contributed by atoms with E-state index in [1.165, 1.54) is 5.56 Å². The molecule has 1 aromatic heterocycles. The molecule has 0 radical (unpaired) electrons. The van der Waals surface area contributed by atoms with Crippen molar-refractivity contribution in [3.05, 3.63) is 57.8 Å². The van der Waals surface area contributed by atoms with Crippen LogP contribution in [-0.2, 0) is 13.1 Å². The minimum Gasteiger partial charge on any atom is -0.298 e. The summed E-state index contributed by atoms with van der Waals surface area (Å²) in [6.07, 6.45) is 0. The highest BCUT2D eigenvalue weighted by atomic mass is 32.1. The summed E-state index contributed by atoms with van der Waals surface area (Å²) in [6.45, 7) is 1.73. The lowest BCUT2D eigenvalue weighted by molar-refractivity contribution is 0.319. The standard InChI is InChI=1S/C14H14N2S/c1-16(9-12-6-7-17-11-12)10-14-5-3-2-4-13(14)8-15/h2-7,11H,9-10H2,1H3. The molecule has 0 aliphatic rings. The van der Waals surface area contributed by atoms with Crippen molar-refractivity contribution in [3.63, 3.8) is 0 Å². The van der Waals surface area contributed by atoms with Crippen LogP contribution >= 0.6 is 11.3 Å². The molecular weight excluding hydrogens is 228 g/mol. The first-order chi connectivity index (χ1) is 8.29. The molecular formula is C14H14N2S. The minimum atomic E-state index is 0.768. The Kier molecular flexibility index (Phi) is 3.92. The Morgan fingerprint density at radius 2 is 2.06 bits per heavy atom. The third-order valence-corrected chi connectivity index (χ3v) is 3.34. The maximum atomic E-state index is 9.02. The van der Waals surface area contributed by atoms with Gasteiger partial charge < -0.3 is 0 Å². The fraction of sp³-hybridized carbons (Fsp3) is 0.214. The molecule has 0 atom stereocenters. The summed E-state index contributed by atoms with van der Waals surface area (Å²) in [7, 11) is 2.08. The maximum absolute atomic E-state index is 9.02. The fourth-order valence-corrected chi connectivity index (χ4v) is 2.47. The summed E-state index contributed by atoms with van der Waals surface area (Å²) in [5, 5.41) is 13.3. The van der Waals surface area contributed by atoms with Crippen molar-refractivity contribution in [1.82, 2.24) is 4.90 Å². The quantitative estimate of drug-likeness (QED) is 0.823. The Bertz CT molecular complexity index is 511. The van der Waals surface area contributed by atoms with Crippen molar-refractivity contribution >= 4 is 11.3 Å². The summed E-state index contributed by atoms with van der Waals surface area (Å²) in [5.74, 6) is 0. The lowest BCUT2D eigenvalue weighted by Crippen LogP contribution is -2.17. The summed E-state index contributed by atoms with van der Waals surface area (Å²) < 4.78 is 0. The number of hydrogen-bond acceptors (Lipinski definition) is 3. The van der Waals surface area contributed by atoms with Crippen LogP contribution in [0.2, 0.25) is 0 Å². The molecule has 0 amide bonds. The van der Waals surface area contributed by atoms with Gasteiger partial charge in [0.05, 0.1) is 11.6 Å². The van der Waals surface area contributed by atoms with E-state index in [4.69, 9.17) is 5.26 Å². The highest BCUT2D eigenvalue weighted by Gasteiger charge is 2.05. The molecule has 2 rings (SSSR count). The SMILES string of the molecule is CN(Cc1ccsc1)Cc1ccccc1C#N. The Morgan fingerprint density at radius 3 is 2.76 bits per heavy atom. The van der Waals surface area contributed by atoms with Gasteiger partial charge in [-0.1, -0.05) is 18.2 Å². The first-order valence-electron chi connectivity index (χ1n) is 5.47. The first kappa shape index (κ1) is 11.8. The second-order valence-corrected chi connectivity index (χ2v) is 4.85. The normalized spacial score (nSPS) is 10.4. The first-order valence-corrected chi connectivity index (χ1v) is 6.41. The zero-order valence-electron chi connectivity index (χ0n) is 9.76. The Balaban J connectivity index is 2.03. The van der Waals surface area contributed by atoms with E-state index in [2.05, 4.69) is 34.8 Å². The van der Waals surface area contributed by atoms with Crippen LogP contribution in [0, 0.1) is 11.3 Å². The summed E-state index contributed by atoms with van der Waals surface area (Å²) >= 11 is 1.72. The molecule has 17 heavy (non-hydrogen) atoms. The predicted molar refractivity (Wildman–Crippen MR) is 70.6 cm³/mol.